The molecule has 0 amide bonds. The van der Waals surface area contributed by atoms with E-state index < -0.39 is 11.3 Å². The van der Waals surface area contributed by atoms with Gasteiger partial charge in [-0.3, -0.25) is 0 Å². The molecule has 1 aliphatic carbocycles. The second-order valence-corrected chi connectivity index (χ2v) is 14.0. The molecule has 202 valence electrons. The van der Waals surface area contributed by atoms with Gasteiger partial charge in [0, 0.05) is 47.4 Å². The minimum absolute atomic E-state index is 0.214. The van der Waals surface area contributed by atoms with Gasteiger partial charge in [0.1, 0.15) is 31.6 Å². The highest BCUT2D eigenvalue weighted by molar-refractivity contribution is 6.68. The minimum atomic E-state index is -0.507. The zero-order valence-electron chi connectivity index (χ0n) is 24.8. The average molecular weight is 555 g/mol. The van der Waals surface area contributed by atoms with Crippen molar-refractivity contribution in [3.63, 3.8) is 0 Å². The molecule has 3 heterocycles. The Bertz CT molecular complexity index is 1350. The minimum Gasteiger partial charge on any atom is -0.424 e. The Morgan fingerprint density at radius 2 is 1.62 bits per heavy atom. The summed E-state index contributed by atoms with van der Waals surface area (Å²) >= 11 is 6.14. The highest BCUT2D eigenvalue weighted by Crippen LogP contribution is 2.48. The lowest BCUT2D eigenvalue weighted by atomic mass is 9.18. The summed E-state index contributed by atoms with van der Waals surface area (Å²) in [6.45, 7) is 3.83. The smallest absolute Gasteiger partial charge is 0.321 e. The number of aryl methyl sites for hydroxylation is 1. The first-order valence-corrected chi connectivity index (χ1v) is 14.4. The first-order chi connectivity index (χ1) is 18.7. The van der Waals surface area contributed by atoms with Crippen molar-refractivity contribution in [1.29, 1.82) is 0 Å². The number of rotatable bonds is 8. The highest BCUT2D eigenvalue weighted by Gasteiger charge is 2.50. The first-order valence-electron chi connectivity index (χ1n) is 14.1. The molecule has 3 atom stereocenters. The SMILES string of the molecule is BC(B)(B)C(B)(n1nc(N[C@@H]2[C@@H]3CC[C@H]2CN(c2cc(C)ncn2)C3)nc1Oc1cc(F)cc(Cl)c1)C(B)(B)B. The van der Waals surface area contributed by atoms with Crippen LogP contribution in [0, 0.1) is 24.6 Å². The van der Waals surface area contributed by atoms with Crippen molar-refractivity contribution in [3.05, 3.63) is 47.1 Å². The maximum Gasteiger partial charge on any atom is 0.321 e. The van der Waals surface area contributed by atoms with Crippen molar-refractivity contribution in [1.82, 2.24) is 24.7 Å². The third-order valence-corrected chi connectivity index (χ3v) is 9.43. The Morgan fingerprint density at radius 3 is 2.20 bits per heavy atom. The van der Waals surface area contributed by atoms with Gasteiger partial charge in [-0.15, -0.1) is 5.10 Å². The van der Waals surface area contributed by atoms with Crippen molar-refractivity contribution in [2.75, 3.05) is 23.3 Å². The Balaban J connectivity index is 1.48. The molecular formula is C23H34B7ClFN7O. The fourth-order valence-corrected chi connectivity index (χ4v) is 6.79. The summed E-state index contributed by atoms with van der Waals surface area (Å²) in [7, 11) is 15.4. The van der Waals surface area contributed by atoms with E-state index in [0.29, 0.717) is 23.8 Å². The van der Waals surface area contributed by atoms with Crippen LogP contribution in [-0.4, -0.2) is 98.8 Å². The molecule has 1 N–H and O–H groups in total. The van der Waals surface area contributed by atoms with Gasteiger partial charge in [-0.25, -0.2) is 19.0 Å². The number of fused-ring (bicyclic) bond motifs is 2. The van der Waals surface area contributed by atoms with E-state index in [1.807, 2.05) is 11.6 Å². The maximum atomic E-state index is 14.2. The predicted octanol–water partition coefficient (Wildman–Crippen LogP) is -2.48. The van der Waals surface area contributed by atoms with E-state index >= 15 is 0 Å². The molecule has 1 saturated heterocycles. The Kier molecular flexibility index (Phi) is 7.55. The van der Waals surface area contributed by atoms with Gasteiger partial charge in [0.25, 0.3) is 0 Å². The van der Waals surface area contributed by atoms with Crippen LogP contribution in [0.1, 0.15) is 18.5 Å². The molecule has 0 spiro atoms. The number of anilines is 2. The number of benzene rings is 1. The van der Waals surface area contributed by atoms with E-state index in [-0.39, 0.29) is 27.0 Å². The molecule has 1 aromatic carbocycles. The van der Waals surface area contributed by atoms with Gasteiger partial charge in [-0.1, -0.05) is 21.8 Å². The summed E-state index contributed by atoms with van der Waals surface area (Å²) < 4.78 is 22.3. The summed E-state index contributed by atoms with van der Waals surface area (Å²) in [4.78, 5) is 16.0. The maximum absolute atomic E-state index is 14.2. The number of hydrogen-bond acceptors (Lipinski definition) is 7. The summed E-state index contributed by atoms with van der Waals surface area (Å²) in [5.41, 5.74) is 0.465. The molecule has 0 unspecified atom stereocenters. The number of ether oxygens (including phenoxy) is 1. The van der Waals surface area contributed by atoms with Gasteiger partial charge in [-0.05, 0) is 43.7 Å². The van der Waals surface area contributed by atoms with Gasteiger partial charge in [0.15, 0.2) is 0 Å². The average Bonchev–Trinajstić information content (AvgIpc) is 3.31. The Morgan fingerprint density at radius 1 is 0.975 bits per heavy atom. The lowest BCUT2D eigenvalue weighted by Gasteiger charge is -2.52. The molecule has 2 aromatic heterocycles. The third kappa shape index (κ3) is 5.40. The van der Waals surface area contributed by atoms with Crippen LogP contribution in [-0.2, 0) is 5.44 Å². The third-order valence-electron chi connectivity index (χ3n) is 9.21. The van der Waals surface area contributed by atoms with Crippen molar-refractivity contribution < 1.29 is 9.13 Å². The van der Waals surface area contributed by atoms with Gasteiger partial charge in [0.05, 0.1) is 47.1 Å². The van der Waals surface area contributed by atoms with Crippen LogP contribution in [0.15, 0.2) is 30.6 Å². The highest BCUT2D eigenvalue weighted by atomic mass is 35.5. The largest absolute Gasteiger partial charge is 0.424 e. The van der Waals surface area contributed by atoms with Crippen LogP contribution in [0.3, 0.4) is 0 Å². The second kappa shape index (κ2) is 10.4. The van der Waals surface area contributed by atoms with E-state index in [1.54, 1.807) is 12.4 Å². The molecule has 1 saturated carbocycles. The topological polar surface area (TPSA) is 81.0 Å². The van der Waals surface area contributed by atoms with Gasteiger partial charge in [-0.2, -0.15) is 4.98 Å². The van der Waals surface area contributed by atoms with Crippen LogP contribution in [0.5, 0.6) is 11.8 Å². The zero-order chi connectivity index (χ0) is 29.0. The van der Waals surface area contributed by atoms with Crippen LogP contribution < -0.4 is 15.0 Å². The molecule has 17 heteroatoms. The Hall–Kier alpha value is -2.49. The van der Waals surface area contributed by atoms with Crippen LogP contribution in [0.2, 0.25) is 15.2 Å². The quantitative estimate of drug-likeness (QED) is 0.309. The number of hydrogen-bond donors (Lipinski definition) is 1. The van der Waals surface area contributed by atoms with Crippen LogP contribution >= 0.6 is 11.6 Å². The predicted molar refractivity (Wildman–Crippen MR) is 177 cm³/mol. The van der Waals surface area contributed by atoms with Crippen molar-refractivity contribution >= 4 is 78.3 Å². The summed E-state index contributed by atoms with van der Waals surface area (Å²) in [5, 5.41) is 8.56. The lowest BCUT2D eigenvalue weighted by molar-refractivity contribution is 0.317. The molecule has 40 heavy (non-hydrogen) atoms. The number of halogens is 2. The molecular weight excluding hydrogens is 520 g/mol. The number of nitrogens with zero attached hydrogens (tertiary/aromatic N) is 6. The summed E-state index contributed by atoms with van der Waals surface area (Å²) in [6, 6.07) is 6.76. The standard InChI is InChI=1S/C23H34B7ClFN7O/c1-11-4-17(34-10-33-11)38-8-12-2-3-13(9-38)18(12)35-19-36-20(40-16-6-14(31)5-15(32)7-16)39(37-19)21(24,22(25,26)27)23(28,29)30/h4-7,10,12-13,18H,2-3,8-9,24-30H2,1H3,(H,35,37)/t12-,13+,18-. The van der Waals surface area contributed by atoms with E-state index in [4.69, 9.17) is 26.4 Å². The van der Waals surface area contributed by atoms with E-state index in [9.17, 15) is 4.39 Å². The summed E-state index contributed by atoms with van der Waals surface area (Å²) in [5.74, 6) is 2.19. The summed E-state index contributed by atoms with van der Waals surface area (Å²) in [6.07, 6.45) is 3.91. The van der Waals surface area contributed by atoms with Crippen LogP contribution in [0.4, 0.5) is 16.2 Å². The fourth-order valence-electron chi connectivity index (χ4n) is 6.58. The van der Waals surface area contributed by atoms with Gasteiger partial charge >= 0.3 is 6.01 Å². The van der Waals surface area contributed by atoms with Gasteiger partial charge < -0.3 is 15.0 Å². The van der Waals surface area contributed by atoms with E-state index in [0.717, 1.165) is 37.4 Å². The molecule has 8 nitrogen and oxygen atoms in total. The molecule has 2 fully saturated rings. The van der Waals surface area contributed by atoms with E-state index in [1.165, 1.54) is 12.1 Å². The van der Waals surface area contributed by atoms with Crippen LogP contribution in [0.25, 0.3) is 0 Å². The molecule has 1 aliphatic heterocycles. The van der Waals surface area contributed by atoms with E-state index in [2.05, 4.69) is 81.2 Å². The monoisotopic (exact) mass is 555 g/mol. The fraction of sp³-hybridized carbons (Fsp3) is 0.478. The number of nitrogens with one attached hydrogen (secondary N) is 1. The number of piperidine rings is 1. The Labute approximate surface area is 247 Å². The van der Waals surface area contributed by atoms with Crippen molar-refractivity contribution in [2.45, 2.75) is 41.5 Å². The molecule has 3 aromatic rings. The van der Waals surface area contributed by atoms with Crippen molar-refractivity contribution in [3.8, 4) is 11.8 Å². The molecule has 2 bridgehead atoms. The molecule has 0 radical (unpaired) electrons. The molecule has 2 aliphatic rings. The normalized spacial score (nSPS) is 21.4. The lowest BCUT2D eigenvalue weighted by Crippen LogP contribution is -2.57. The van der Waals surface area contributed by atoms with Crippen molar-refractivity contribution in [2.24, 2.45) is 11.8 Å². The molecule has 5 rings (SSSR count). The zero-order valence-corrected chi connectivity index (χ0v) is 25.6. The number of aromatic nitrogens is 5. The first kappa shape index (κ1) is 29.0. The van der Waals surface area contributed by atoms with Gasteiger partial charge in [0.2, 0.25) is 5.95 Å². The second-order valence-electron chi connectivity index (χ2n) is 13.6.